The largest absolute Gasteiger partial charge is 0.376 e. The molecule has 6 heteroatoms. The number of hydrogen-bond acceptors (Lipinski definition) is 5. The van der Waals surface area contributed by atoms with Crippen molar-refractivity contribution >= 4 is 29.2 Å². The summed E-state index contributed by atoms with van der Waals surface area (Å²) in [7, 11) is 3.92. The van der Waals surface area contributed by atoms with Gasteiger partial charge in [0.1, 0.15) is 5.82 Å². The van der Waals surface area contributed by atoms with Gasteiger partial charge in [0.2, 0.25) is 5.91 Å². The maximum absolute atomic E-state index is 11.9. The molecule has 0 saturated carbocycles. The van der Waals surface area contributed by atoms with Gasteiger partial charge in [0, 0.05) is 44.6 Å². The zero-order chi connectivity index (χ0) is 13.7. The van der Waals surface area contributed by atoms with Crippen LogP contribution in [0.5, 0.6) is 0 Å². The van der Waals surface area contributed by atoms with Gasteiger partial charge in [0.15, 0.2) is 0 Å². The predicted molar refractivity (Wildman–Crippen MR) is 80.9 cm³/mol. The molecule has 1 aromatic rings. The quantitative estimate of drug-likeness (QED) is 0.867. The lowest BCUT2D eigenvalue weighted by Gasteiger charge is -2.22. The summed E-state index contributed by atoms with van der Waals surface area (Å²) in [5.74, 6) is 2.76. The van der Waals surface area contributed by atoms with E-state index in [-0.39, 0.29) is 11.9 Å². The highest BCUT2D eigenvalue weighted by molar-refractivity contribution is 7.99. The smallest absolute Gasteiger partial charge is 0.227 e. The Morgan fingerprint density at radius 2 is 2.42 bits per heavy atom. The Hall–Kier alpha value is -1.27. The second-order valence-electron chi connectivity index (χ2n) is 4.77. The van der Waals surface area contributed by atoms with E-state index in [2.05, 4.69) is 15.6 Å². The van der Waals surface area contributed by atoms with Crippen LogP contribution in [0.4, 0.5) is 11.5 Å². The van der Waals surface area contributed by atoms with Crippen LogP contribution in [0.15, 0.2) is 18.3 Å². The third kappa shape index (κ3) is 4.40. The molecule has 1 aliphatic rings. The summed E-state index contributed by atoms with van der Waals surface area (Å²) < 4.78 is 0. The molecule has 1 aromatic heterocycles. The van der Waals surface area contributed by atoms with Crippen molar-refractivity contribution in [3.8, 4) is 0 Å². The maximum Gasteiger partial charge on any atom is 0.227 e. The topological polar surface area (TPSA) is 57.3 Å². The summed E-state index contributed by atoms with van der Waals surface area (Å²) in [5, 5.41) is 6.19. The molecule has 2 heterocycles. The second-order valence-corrected chi connectivity index (χ2v) is 5.92. The fourth-order valence-corrected chi connectivity index (χ4v) is 2.84. The number of thioether (sulfide) groups is 1. The van der Waals surface area contributed by atoms with E-state index in [9.17, 15) is 4.79 Å². The molecule has 0 aliphatic carbocycles. The minimum absolute atomic E-state index is 0.0186. The van der Waals surface area contributed by atoms with Crippen molar-refractivity contribution in [2.24, 2.45) is 0 Å². The van der Waals surface area contributed by atoms with Crippen molar-refractivity contribution in [1.29, 1.82) is 0 Å². The number of amides is 1. The number of carbonyl (C=O) groups excluding carboxylic acids is 1. The first kappa shape index (κ1) is 14.1. The first-order valence-electron chi connectivity index (χ1n) is 6.39. The summed E-state index contributed by atoms with van der Waals surface area (Å²) >= 11 is 1.89. The van der Waals surface area contributed by atoms with E-state index in [1.165, 1.54) is 0 Å². The van der Waals surface area contributed by atoms with Crippen LogP contribution in [-0.2, 0) is 4.79 Å². The molecule has 1 fully saturated rings. The minimum atomic E-state index is 0.0186. The van der Waals surface area contributed by atoms with Gasteiger partial charge >= 0.3 is 0 Å². The van der Waals surface area contributed by atoms with E-state index >= 15 is 0 Å². The number of pyridine rings is 1. The highest BCUT2D eigenvalue weighted by Crippen LogP contribution is 2.14. The van der Waals surface area contributed by atoms with Gasteiger partial charge in [-0.3, -0.25) is 4.79 Å². The molecule has 1 atom stereocenters. The van der Waals surface area contributed by atoms with Gasteiger partial charge in [0.25, 0.3) is 0 Å². The molecular weight excluding hydrogens is 260 g/mol. The highest BCUT2D eigenvalue weighted by Gasteiger charge is 2.16. The summed E-state index contributed by atoms with van der Waals surface area (Å²) in [6.45, 7) is 0.985. The Kier molecular flexibility index (Phi) is 5.04. The number of carbonyl (C=O) groups is 1. The Labute approximate surface area is 118 Å². The lowest BCUT2D eigenvalue weighted by atomic mass is 10.2. The summed E-state index contributed by atoms with van der Waals surface area (Å²) in [4.78, 5) is 18.1. The lowest BCUT2D eigenvalue weighted by Crippen LogP contribution is -2.39. The monoisotopic (exact) mass is 280 g/mol. The second kappa shape index (κ2) is 6.77. The molecule has 2 N–H and O–H groups in total. The van der Waals surface area contributed by atoms with Crippen LogP contribution in [0.25, 0.3) is 0 Å². The molecule has 0 aromatic carbocycles. The molecule has 0 bridgehead atoms. The van der Waals surface area contributed by atoms with E-state index in [0.717, 1.165) is 23.7 Å². The molecule has 2 rings (SSSR count). The van der Waals surface area contributed by atoms with E-state index < -0.39 is 0 Å². The zero-order valence-electron chi connectivity index (χ0n) is 11.3. The van der Waals surface area contributed by atoms with Crippen LogP contribution in [-0.4, -0.2) is 49.1 Å². The van der Waals surface area contributed by atoms with E-state index in [1.54, 1.807) is 6.20 Å². The number of nitrogens with zero attached hydrogens (tertiary/aromatic N) is 2. The lowest BCUT2D eigenvalue weighted by molar-refractivity contribution is -0.116. The number of nitrogens with one attached hydrogen (secondary N) is 2. The molecule has 0 radical (unpaired) electrons. The van der Waals surface area contributed by atoms with Gasteiger partial charge in [-0.05, 0) is 12.1 Å². The summed E-state index contributed by atoms with van der Waals surface area (Å²) in [6.07, 6.45) is 2.26. The van der Waals surface area contributed by atoms with E-state index in [0.29, 0.717) is 12.2 Å². The molecule has 5 nitrogen and oxygen atoms in total. The normalized spacial score (nSPS) is 18.9. The average Bonchev–Trinajstić information content (AvgIpc) is 2.40. The number of aromatic nitrogens is 1. The third-order valence-electron chi connectivity index (χ3n) is 2.96. The number of anilines is 2. The molecule has 1 amide bonds. The zero-order valence-corrected chi connectivity index (χ0v) is 12.2. The molecule has 19 heavy (non-hydrogen) atoms. The van der Waals surface area contributed by atoms with Crippen molar-refractivity contribution in [3.05, 3.63) is 18.3 Å². The Morgan fingerprint density at radius 3 is 3.00 bits per heavy atom. The third-order valence-corrected chi connectivity index (χ3v) is 4.09. The van der Waals surface area contributed by atoms with Crippen LogP contribution in [0.3, 0.4) is 0 Å². The summed E-state index contributed by atoms with van der Waals surface area (Å²) in [6, 6.07) is 4.05. The Balaban J connectivity index is 1.84. The van der Waals surface area contributed by atoms with E-state index in [4.69, 9.17) is 0 Å². The van der Waals surface area contributed by atoms with Crippen LogP contribution >= 0.6 is 11.8 Å². The van der Waals surface area contributed by atoms with Crippen molar-refractivity contribution in [2.45, 2.75) is 12.5 Å². The van der Waals surface area contributed by atoms with Gasteiger partial charge in [-0.25, -0.2) is 4.98 Å². The van der Waals surface area contributed by atoms with Crippen molar-refractivity contribution in [1.82, 2.24) is 10.3 Å². The fraction of sp³-hybridized carbons (Fsp3) is 0.538. The molecule has 104 valence electrons. The van der Waals surface area contributed by atoms with Gasteiger partial charge in [-0.2, -0.15) is 11.8 Å². The predicted octanol–water partition coefficient (Wildman–Crippen LogP) is 1.18. The van der Waals surface area contributed by atoms with Gasteiger partial charge in [0.05, 0.1) is 11.9 Å². The molecule has 0 spiro atoms. The fourth-order valence-electron chi connectivity index (χ4n) is 1.89. The molecular formula is C13H20N4OS. The van der Waals surface area contributed by atoms with Crippen LogP contribution in [0.1, 0.15) is 6.42 Å². The Morgan fingerprint density at radius 1 is 1.58 bits per heavy atom. The first-order valence-corrected chi connectivity index (χ1v) is 7.55. The maximum atomic E-state index is 11.9. The SMILES string of the molecule is CN(C)c1ccc(NC(=O)CC2CSCCN2)nc1. The van der Waals surface area contributed by atoms with Gasteiger partial charge < -0.3 is 15.5 Å². The number of rotatable bonds is 4. The van der Waals surface area contributed by atoms with E-state index in [1.807, 2.05) is 42.9 Å². The van der Waals surface area contributed by atoms with Gasteiger partial charge in [-0.15, -0.1) is 0 Å². The van der Waals surface area contributed by atoms with Crippen molar-refractivity contribution < 1.29 is 4.79 Å². The standard InChI is InChI=1S/C13H20N4OS/c1-17(2)11-3-4-12(15-8-11)16-13(18)7-10-9-19-6-5-14-10/h3-4,8,10,14H,5-7,9H2,1-2H3,(H,15,16,18). The Bertz CT molecular complexity index is 415. The average molecular weight is 280 g/mol. The minimum Gasteiger partial charge on any atom is -0.376 e. The highest BCUT2D eigenvalue weighted by atomic mass is 32.2. The number of hydrogen-bond donors (Lipinski definition) is 2. The van der Waals surface area contributed by atoms with Crippen LogP contribution < -0.4 is 15.5 Å². The van der Waals surface area contributed by atoms with Crippen molar-refractivity contribution in [3.63, 3.8) is 0 Å². The first-order chi connectivity index (χ1) is 9.15. The molecule has 1 saturated heterocycles. The summed E-state index contributed by atoms with van der Waals surface area (Å²) in [5.41, 5.74) is 1.02. The van der Waals surface area contributed by atoms with Crippen LogP contribution in [0, 0.1) is 0 Å². The molecule has 1 unspecified atom stereocenters. The van der Waals surface area contributed by atoms with Gasteiger partial charge in [-0.1, -0.05) is 0 Å². The van der Waals surface area contributed by atoms with Crippen molar-refractivity contribution in [2.75, 3.05) is 42.4 Å². The van der Waals surface area contributed by atoms with Crippen LogP contribution in [0.2, 0.25) is 0 Å². The molecule has 1 aliphatic heterocycles.